The van der Waals surface area contributed by atoms with Crippen LogP contribution in [-0.2, 0) is 0 Å². The molecule has 3 heterocycles. The highest BCUT2D eigenvalue weighted by atomic mass is 19.3. The number of hydrogen-bond acceptors (Lipinski definition) is 5. The number of fused-ring (bicyclic) bond motifs is 1. The van der Waals surface area contributed by atoms with Crippen molar-refractivity contribution in [2.24, 2.45) is 5.73 Å². The molecule has 4 aromatic rings. The largest absolute Gasteiger partial charge is 0.323 e. The van der Waals surface area contributed by atoms with E-state index in [1.54, 1.807) is 6.20 Å². The Morgan fingerprint density at radius 1 is 1.07 bits per heavy atom. The third-order valence-electron chi connectivity index (χ3n) is 4.69. The van der Waals surface area contributed by atoms with E-state index in [4.69, 9.17) is 10.7 Å². The van der Waals surface area contributed by atoms with Crippen LogP contribution < -0.4 is 5.73 Å². The summed E-state index contributed by atoms with van der Waals surface area (Å²) in [6.45, 7) is 2.09. The van der Waals surface area contributed by atoms with Crippen LogP contribution in [0.15, 0.2) is 54.9 Å². The first-order valence-electron chi connectivity index (χ1n) is 9.39. The third-order valence-corrected chi connectivity index (χ3v) is 4.69. The van der Waals surface area contributed by atoms with Gasteiger partial charge < -0.3 is 5.73 Å². The maximum Gasteiger partial charge on any atom is 0.280 e. The quantitative estimate of drug-likeness (QED) is 0.516. The molecule has 1 unspecified atom stereocenters. The zero-order chi connectivity index (χ0) is 20.4. The molecule has 0 saturated carbocycles. The van der Waals surface area contributed by atoms with Crippen LogP contribution in [0.2, 0.25) is 0 Å². The molecule has 2 N–H and O–H groups in total. The summed E-state index contributed by atoms with van der Waals surface area (Å²) in [5.74, 6) is 0.0987. The average Bonchev–Trinajstić information content (AvgIpc) is 3.17. The second-order valence-electron chi connectivity index (χ2n) is 6.76. The molecular formula is C21H20F2N6. The van der Waals surface area contributed by atoms with Gasteiger partial charge in [0.1, 0.15) is 5.69 Å². The van der Waals surface area contributed by atoms with E-state index in [0.29, 0.717) is 5.52 Å². The molecule has 1 atom stereocenters. The Balaban J connectivity index is 1.77. The minimum Gasteiger partial charge on any atom is -0.323 e. The van der Waals surface area contributed by atoms with Crippen LogP contribution in [0.3, 0.4) is 0 Å². The first-order chi connectivity index (χ1) is 14.1. The van der Waals surface area contributed by atoms with Gasteiger partial charge in [-0.3, -0.25) is 4.98 Å². The van der Waals surface area contributed by atoms with Gasteiger partial charge in [0.05, 0.1) is 23.1 Å². The summed E-state index contributed by atoms with van der Waals surface area (Å²) < 4.78 is 27.5. The van der Waals surface area contributed by atoms with E-state index in [0.717, 1.165) is 35.2 Å². The van der Waals surface area contributed by atoms with E-state index >= 15 is 0 Å². The first kappa shape index (κ1) is 19.1. The lowest BCUT2D eigenvalue weighted by Crippen LogP contribution is -2.11. The van der Waals surface area contributed by atoms with E-state index in [9.17, 15) is 8.78 Å². The normalized spacial score (nSPS) is 12.6. The smallest absolute Gasteiger partial charge is 0.280 e. The Bertz CT molecular complexity index is 1140. The van der Waals surface area contributed by atoms with Crippen LogP contribution in [0, 0.1) is 0 Å². The third kappa shape index (κ3) is 3.84. The number of rotatable bonds is 6. The molecule has 0 aliphatic heterocycles. The van der Waals surface area contributed by atoms with Crippen molar-refractivity contribution in [3.8, 4) is 17.2 Å². The molecule has 29 heavy (non-hydrogen) atoms. The molecule has 0 radical (unpaired) electrons. The van der Waals surface area contributed by atoms with Crippen molar-refractivity contribution in [3.63, 3.8) is 0 Å². The second-order valence-corrected chi connectivity index (χ2v) is 6.76. The minimum atomic E-state index is -2.67. The highest BCUT2D eigenvalue weighted by Crippen LogP contribution is 2.26. The van der Waals surface area contributed by atoms with E-state index in [1.807, 2.05) is 36.4 Å². The summed E-state index contributed by atoms with van der Waals surface area (Å²) >= 11 is 0. The zero-order valence-corrected chi connectivity index (χ0v) is 15.8. The van der Waals surface area contributed by atoms with Crippen LogP contribution in [0.5, 0.6) is 0 Å². The van der Waals surface area contributed by atoms with Crippen molar-refractivity contribution in [1.82, 2.24) is 24.7 Å². The van der Waals surface area contributed by atoms with Crippen molar-refractivity contribution >= 4 is 10.9 Å². The SMILES string of the molecule is CCCC(N)c1cccc(-c2ccc3cnn(-c4nccc(C(F)F)n4)c3c2)n1. The molecular weight excluding hydrogens is 374 g/mol. The van der Waals surface area contributed by atoms with Gasteiger partial charge >= 0.3 is 0 Å². The summed E-state index contributed by atoms with van der Waals surface area (Å²) in [5, 5.41) is 5.12. The molecule has 8 heteroatoms. The van der Waals surface area contributed by atoms with Gasteiger partial charge in [-0.05, 0) is 30.7 Å². The molecule has 0 bridgehead atoms. The zero-order valence-electron chi connectivity index (χ0n) is 15.8. The van der Waals surface area contributed by atoms with Crippen LogP contribution in [0.25, 0.3) is 28.1 Å². The summed E-state index contributed by atoms with van der Waals surface area (Å²) in [7, 11) is 0. The molecule has 0 aliphatic carbocycles. The van der Waals surface area contributed by atoms with E-state index in [1.165, 1.54) is 16.9 Å². The first-order valence-corrected chi connectivity index (χ1v) is 9.39. The Morgan fingerprint density at radius 2 is 1.93 bits per heavy atom. The Morgan fingerprint density at radius 3 is 2.72 bits per heavy atom. The van der Waals surface area contributed by atoms with Gasteiger partial charge in [0.15, 0.2) is 0 Å². The highest BCUT2D eigenvalue weighted by molar-refractivity contribution is 5.84. The van der Waals surface area contributed by atoms with Gasteiger partial charge in [0.25, 0.3) is 12.4 Å². The molecule has 0 aliphatic rings. The van der Waals surface area contributed by atoms with E-state index in [-0.39, 0.29) is 17.7 Å². The maximum absolute atomic E-state index is 13.0. The Labute approximate surface area is 166 Å². The number of alkyl halides is 2. The maximum atomic E-state index is 13.0. The molecule has 6 nitrogen and oxygen atoms in total. The molecule has 3 aromatic heterocycles. The van der Waals surface area contributed by atoms with Crippen molar-refractivity contribution < 1.29 is 8.78 Å². The molecule has 0 amide bonds. The van der Waals surface area contributed by atoms with Gasteiger partial charge in [-0.25, -0.2) is 18.7 Å². The fraction of sp³-hybridized carbons (Fsp3) is 0.238. The molecule has 0 saturated heterocycles. The lowest BCUT2D eigenvalue weighted by atomic mass is 10.1. The number of pyridine rings is 1. The molecule has 1 aromatic carbocycles. The summed E-state index contributed by atoms with van der Waals surface area (Å²) in [6, 6.07) is 12.6. The molecule has 0 fully saturated rings. The topological polar surface area (TPSA) is 82.5 Å². The van der Waals surface area contributed by atoms with Crippen molar-refractivity contribution in [1.29, 1.82) is 0 Å². The lowest BCUT2D eigenvalue weighted by molar-refractivity contribution is 0.146. The summed E-state index contributed by atoms with van der Waals surface area (Å²) in [6.07, 6.45) is 2.13. The standard InChI is InChI=1S/C21H20F2N6/c1-2-4-15(24)17-6-3-5-16(27-17)13-7-8-14-12-26-29(19(14)11-13)21-25-10-9-18(28-21)20(22)23/h3,5-12,15,20H,2,4,24H2,1H3. The Hall–Kier alpha value is -3.26. The number of halogens is 2. The average molecular weight is 394 g/mol. The number of benzene rings is 1. The highest BCUT2D eigenvalue weighted by Gasteiger charge is 2.14. The molecule has 4 rings (SSSR count). The Kier molecular flexibility index (Phi) is 5.26. The van der Waals surface area contributed by atoms with Crippen molar-refractivity contribution in [2.45, 2.75) is 32.2 Å². The number of nitrogens with zero attached hydrogens (tertiary/aromatic N) is 5. The predicted octanol–water partition coefficient (Wildman–Crippen LogP) is 4.62. The summed E-state index contributed by atoms with van der Waals surface area (Å²) in [4.78, 5) is 12.7. The van der Waals surface area contributed by atoms with E-state index < -0.39 is 6.43 Å². The van der Waals surface area contributed by atoms with Crippen LogP contribution in [0.1, 0.15) is 43.6 Å². The van der Waals surface area contributed by atoms with Crippen LogP contribution in [0.4, 0.5) is 8.78 Å². The van der Waals surface area contributed by atoms with Gasteiger partial charge in [-0.15, -0.1) is 0 Å². The monoisotopic (exact) mass is 394 g/mol. The van der Waals surface area contributed by atoms with Gasteiger partial charge in [-0.2, -0.15) is 9.78 Å². The predicted molar refractivity (Wildman–Crippen MR) is 107 cm³/mol. The van der Waals surface area contributed by atoms with Crippen LogP contribution in [-0.4, -0.2) is 24.7 Å². The van der Waals surface area contributed by atoms with Gasteiger partial charge in [0, 0.05) is 23.2 Å². The van der Waals surface area contributed by atoms with Crippen LogP contribution >= 0.6 is 0 Å². The lowest BCUT2D eigenvalue weighted by Gasteiger charge is -2.11. The molecule has 148 valence electrons. The molecule has 0 spiro atoms. The van der Waals surface area contributed by atoms with Crippen molar-refractivity contribution in [3.05, 3.63) is 66.2 Å². The van der Waals surface area contributed by atoms with Crippen molar-refractivity contribution in [2.75, 3.05) is 0 Å². The number of nitrogens with two attached hydrogens (primary N) is 1. The number of aromatic nitrogens is 5. The summed E-state index contributed by atoms with van der Waals surface area (Å²) in [5.41, 5.74) is 9.07. The fourth-order valence-corrected chi connectivity index (χ4v) is 3.20. The number of hydrogen-bond donors (Lipinski definition) is 1. The second kappa shape index (κ2) is 8.00. The van der Waals surface area contributed by atoms with Gasteiger partial charge in [0.2, 0.25) is 0 Å². The van der Waals surface area contributed by atoms with Gasteiger partial charge in [-0.1, -0.05) is 31.5 Å². The van der Waals surface area contributed by atoms with E-state index in [2.05, 4.69) is 22.0 Å². The minimum absolute atomic E-state index is 0.0987. The fourth-order valence-electron chi connectivity index (χ4n) is 3.20.